The van der Waals surface area contributed by atoms with Gasteiger partial charge in [0.05, 0.1) is 33.0 Å². The van der Waals surface area contributed by atoms with Crippen LogP contribution in [0.1, 0.15) is 29.2 Å². The average molecular weight is 565 g/mol. The van der Waals surface area contributed by atoms with Gasteiger partial charge in [0.1, 0.15) is 30.5 Å². The predicted molar refractivity (Wildman–Crippen MR) is 165 cm³/mol. The van der Waals surface area contributed by atoms with Crippen LogP contribution in [0.3, 0.4) is 0 Å². The summed E-state index contributed by atoms with van der Waals surface area (Å²) in [6.45, 7) is 4.14. The summed E-state index contributed by atoms with van der Waals surface area (Å²) in [4.78, 5) is 0. The topological polar surface area (TPSA) is 46.2 Å². The molecule has 5 rings (SSSR count). The number of rotatable bonds is 14. The maximum atomic E-state index is 6.72. The number of benzene rings is 4. The van der Waals surface area contributed by atoms with E-state index in [0.29, 0.717) is 33.0 Å². The van der Waals surface area contributed by atoms with Gasteiger partial charge in [-0.25, -0.2) is 0 Å². The van der Waals surface area contributed by atoms with E-state index in [2.05, 4.69) is 48.5 Å². The van der Waals surface area contributed by atoms with Crippen molar-refractivity contribution in [2.45, 2.75) is 63.9 Å². The molecule has 0 unspecified atom stereocenters. The molecule has 0 N–H and O–H groups in total. The number of hydrogen-bond donors (Lipinski definition) is 0. The normalized spacial score (nSPS) is 22.4. The molecular formula is C37H40O5. The smallest absolute Gasteiger partial charge is 0.116 e. The second-order valence-electron chi connectivity index (χ2n) is 10.4. The van der Waals surface area contributed by atoms with E-state index in [-0.39, 0.29) is 12.2 Å². The molecule has 0 aliphatic carbocycles. The maximum Gasteiger partial charge on any atom is 0.116 e. The van der Waals surface area contributed by atoms with Crippen molar-refractivity contribution in [1.29, 1.82) is 0 Å². The lowest BCUT2D eigenvalue weighted by molar-refractivity contribution is -0.263. The Morgan fingerprint density at radius 3 is 1.38 bits per heavy atom. The summed E-state index contributed by atoms with van der Waals surface area (Å²) < 4.78 is 32.9. The number of allylic oxidation sites excluding steroid dienone is 1. The summed E-state index contributed by atoms with van der Waals surface area (Å²) in [5.41, 5.74) is 4.38. The Hall–Kier alpha value is -3.58. The van der Waals surface area contributed by atoms with E-state index in [1.54, 1.807) is 0 Å². The summed E-state index contributed by atoms with van der Waals surface area (Å²) >= 11 is 0. The molecule has 1 saturated heterocycles. The van der Waals surface area contributed by atoms with Gasteiger partial charge in [-0.05, 0) is 29.2 Å². The van der Waals surface area contributed by atoms with Crippen LogP contribution in [0.4, 0.5) is 0 Å². The van der Waals surface area contributed by atoms with Gasteiger partial charge in [0.15, 0.2) is 0 Å². The Labute approximate surface area is 249 Å². The summed E-state index contributed by atoms with van der Waals surface area (Å²) in [6, 6.07) is 40.8. The minimum Gasteiger partial charge on any atom is -0.374 e. The van der Waals surface area contributed by atoms with Crippen LogP contribution in [0, 0.1) is 0 Å². The minimum atomic E-state index is -0.424. The average Bonchev–Trinajstić information content (AvgIpc) is 3.05. The number of ether oxygens (including phenoxy) is 5. The largest absolute Gasteiger partial charge is 0.374 e. The van der Waals surface area contributed by atoms with Gasteiger partial charge in [-0.3, -0.25) is 0 Å². The van der Waals surface area contributed by atoms with E-state index in [4.69, 9.17) is 23.7 Å². The molecule has 0 amide bonds. The van der Waals surface area contributed by atoms with Crippen molar-refractivity contribution < 1.29 is 23.7 Å². The predicted octanol–water partition coefficient (Wildman–Crippen LogP) is 7.30. The van der Waals surface area contributed by atoms with E-state index < -0.39 is 18.3 Å². The molecular weight excluding hydrogens is 524 g/mol. The molecule has 0 aromatic heterocycles. The van der Waals surface area contributed by atoms with Crippen molar-refractivity contribution in [3.63, 3.8) is 0 Å². The molecule has 42 heavy (non-hydrogen) atoms. The van der Waals surface area contributed by atoms with Gasteiger partial charge >= 0.3 is 0 Å². The van der Waals surface area contributed by atoms with Crippen molar-refractivity contribution in [3.05, 3.63) is 156 Å². The highest BCUT2D eigenvalue weighted by Gasteiger charge is 2.47. The molecule has 1 heterocycles. The van der Waals surface area contributed by atoms with E-state index in [0.717, 1.165) is 22.3 Å². The molecule has 0 spiro atoms. The standard InChI is InChI=1S/C37H40O5/c1-2-15-33-35(39-25-30-18-9-4-10-19-30)37(41-27-32-22-13-6-14-23-32)36(40-26-31-20-11-5-12-21-31)34(42-33)28-38-24-29-16-7-3-8-17-29/h2-23,33-37H,24-28H2,1H3/b15-2-/t33-,34-,35-,36-,37-/m1/s1. The second kappa shape index (κ2) is 16.2. The third-order valence-corrected chi connectivity index (χ3v) is 7.30. The van der Waals surface area contributed by atoms with Crippen LogP contribution in [0.5, 0.6) is 0 Å². The molecule has 1 fully saturated rings. The zero-order chi connectivity index (χ0) is 28.8. The van der Waals surface area contributed by atoms with Gasteiger partial charge in [-0.15, -0.1) is 0 Å². The van der Waals surface area contributed by atoms with E-state index in [1.807, 2.05) is 91.9 Å². The van der Waals surface area contributed by atoms with Crippen molar-refractivity contribution in [2.24, 2.45) is 0 Å². The molecule has 5 heteroatoms. The Bertz CT molecular complexity index is 1310. The molecule has 0 saturated carbocycles. The highest BCUT2D eigenvalue weighted by molar-refractivity contribution is 5.17. The van der Waals surface area contributed by atoms with Crippen LogP contribution in [-0.2, 0) is 50.1 Å². The van der Waals surface area contributed by atoms with Crippen LogP contribution >= 0.6 is 0 Å². The minimum absolute atomic E-state index is 0.332. The van der Waals surface area contributed by atoms with Crippen LogP contribution in [0.15, 0.2) is 133 Å². The first-order valence-corrected chi connectivity index (χ1v) is 14.7. The lowest BCUT2D eigenvalue weighted by atomic mass is 9.93. The lowest BCUT2D eigenvalue weighted by Gasteiger charge is -2.45. The molecule has 4 aromatic rings. The molecule has 0 bridgehead atoms. The van der Waals surface area contributed by atoms with Gasteiger partial charge < -0.3 is 23.7 Å². The SMILES string of the molecule is C/C=C\[C@H]1O[C@H](COCc2ccccc2)[C@@H](OCc2ccccc2)[C@H](OCc2ccccc2)[C@@H]1OCc1ccccc1. The van der Waals surface area contributed by atoms with E-state index in [9.17, 15) is 0 Å². The van der Waals surface area contributed by atoms with Gasteiger partial charge in [0.25, 0.3) is 0 Å². The molecule has 218 valence electrons. The third kappa shape index (κ3) is 8.71. The van der Waals surface area contributed by atoms with Crippen molar-refractivity contribution in [2.75, 3.05) is 6.61 Å². The zero-order valence-corrected chi connectivity index (χ0v) is 24.2. The lowest BCUT2D eigenvalue weighted by Crippen LogP contribution is -2.60. The Kier molecular flexibility index (Phi) is 11.5. The van der Waals surface area contributed by atoms with Gasteiger partial charge in [-0.1, -0.05) is 133 Å². The van der Waals surface area contributed by atoms with Crippen molar-refractivity contribution in [3.8, 4) is 0 Å². The number of hydrogen-bond acceptors (Lipinski definition) is 5. The zero-order valence-electron chi connectivity index (χ0n) is 24.2. The first-order valence-electron chi connectivity index (χ1n) is 14.7. The molecule has 1 aliphatic rings. The van der Waals surface area contributed by atoms with Crippen LogP contribution in [-0.4, -0.2) is 37.1 Å². The van der Waals surface area contributed by atoms with Crippen molar-refractivity contribution >= 4 is 0 Å². The van der Waals surface area contributed by atoms with Gasteiger partial charge in [0.2, 0.25) is 0 Å². The fourth-order valence-corrected chi connectivity index (χ4v) is 5.17. The quantitative estimate of drug-likeness (QED) is 0.150. The first kappa shape index (κ1) is 29.9. The molecule has 4 aromatic carbocycles. The molecule has 5 nitrogen and oxygen atoms in total. The van der Waals surface area contributed by atoms with Crippen LogP contribution in [0.25, 0.3) is 0 Å². The Morgan fingerprint density at radius 2 is 0.929 bits per heavy atom. The molecule has 1 aliphatic heterocycles. The van der Waals surface area contributed by atoms with Crippen LogP contribution in [0.2, 0.25) is 0 Å². The highest BCUT2D eigenvalue weighted by Crippen LogP contribution is 2.31. The molecule has 0 radical (unpaired) electrons. The summed E-state index contributed by atoms with van der Waals surface area (Å²) in [6.07, 6.45) is 2.13. The monoisotopic (exact) mass is 564 g/mol. The van der Waals surface area contributed by atoms with Crippen LogP contribution < -0.4 is 0 Å². The summed E-state index contributed by atoms with van der Waals surface area (Å²) in [7, 11) is 0. The van der Waals surface area contributed by atoms with E-state index in [1.165, 1.54) is 0 Å². The van der Waals surface area contributed by atoms with E-state index >= 15 is 0 Å². The first-order chi connectivity index (χ1) is 20.8. The Morgan fingerprint density at radius 1 is 0.524 bits per heavy atom. The highest BCUT2D eigenvalue weighted by atomic mass is 16.6. The molecule has 5 atom stereocenters. The maximum absolute atomic E-state index is 6.72. The summed E-state index contributed by atoms with van der Waals surface area (Å²) in [5.74, 6) is 0. The van der Waals surface area contributed by atoms with Crippen molar-refractivity contribution in [1.82, 2.24) is 0 Å². The second-order valence-corrected chi connectivity index (χ2v) is 10.4. The Balaban J connectivity index is 1.41. The van der Waals surface area contributed by atoms with Gasteiger partial charge in [-0.2, -0.15) is 0 Å². The third-order valence-electron chi connectivity index (χ3n) is 7.30. The fraction of sp³-hybridized carbons (Fsp3) is 0.297. The summed E-state index contributed by atoms with van der Waals surface area (Å²) in [5, 5.41) is 0. The van der Waals surface area contributed by atoms with Gasteiger partial charge in [0, 0.05) is 0 Å². The fourth-order valence-electron chi connectivity index (χ4n) is 5.17.